The molecule has 1 rings (SSSR count). The predicted molar refractivity (Wildman–Crippen MR) is 60.1 cm³/mol. The first-order valence-corrected chi connectivity index (χ1v) is 5.00. The van der Waals surface area contributed by atoms with Crippen LogP contribution in [0.25, 0.3) is 0 Å². The Hall–Kier alpha value is -1.14. The molecule has 0 spiro atoms. The molecule has 0 radical (unpaired) electrons. The zero-order valence-electron chi connectivity index (χ0n) is 7.58. The van der Waals surface area contributed by atoms with Gasteiger partial charge >= 0.3 is 0 Å². The molecule has 5 nitrogen and oxygen atoms in total. The van der Waals surface area contributed by atoms with Gasteiger partial charge in [-0.05, 0) is 6.07 Å². The Morgan fingerprint density at radius 2 is 2.20 bits per heavy atom. The molecule has 80 valence electrons. The van der Waals surface area contributed by atoms with Gasteiger partial charge < -0.3 is 5.32 Å². The van der Waals surface area contributed by atoms with Gasteiger partial charge in [0, 0.05) is 17.5 Å². The molecule has 0 fully saturated rings. The van der Waals surface area contributed by atoms with E-state index in [1.165, 1.54) is 19.1 Å². The average molecular weight is 294 g/mol. The van der Waals surface area contributed by atoms with Gasteiger partial charge in [-0.15, -0.1) is 0 Å². The molecule has 1 amide bonds. The lowest BCUT2D eigenvalue weighted by Gasteiger charge is -2.05. The van der Waals surface area contributed by atoms with Crippen LogP contribution in [0, 0.1) is 10.1 Å². The van der Waals surface area contributed by atoms with E-state index in [9.17, 15) is 14.9 Å². The van der Waals surface area contributed by atoms with E-state index in [2.05, 4.69) is 21.2 Å². The minimum Gasteiger partial charge on any atom is -0.325 e. The third-order valence-electron chi connectivity index (χ3n) is 1.53. The van der Waals surface area contributed by atoms with Gasteiger partial charge in [-0.1, -0.05) is 27.5 Å². The summed E-state index contributed by atoms with van der Waals surface area (Å²) in [7, 11) is 0. The van der Waals surface area contributed by atoms with Gasteiger partial charge in [0.2, 0.25) is 5.91 Å². The molecule has 0 aliphatic carbocycles. The number of halogens is 2. The molecule has 0 heterocycles. The number of carbonyl (C=O) groups excluding carboxylic acids is 1. The molecule has 1 aromatic carbocycles. The summed E-state index contributed by atoms with van der Waals surface area (Å²) in [4.78, 5) is 20.8. The fourth-order valence-electron chi connectivity index (χ4n) is 0.988. The lowest BCUT2D eigenvalue weighted by atomic mass is 10.3. The average Bonchev–Trinajstić information content (AvgIpc) is 2.09. The van der Waals surface area contributed by atoms with Crippen molar-refractivity contribution in [2.45, 2.75) is 6.92 Å². The number of hydrogen-bond acceptors (Lipinski definition) is 3. The van der Waals surface area contributed by atoms with E-state index in [0.29, 0.717) is 4.47 Å². The van der Waals surface area contributed by atoms with Crippen molar-refractivity contribution in [3.63, 3.8) is 0 Å². The van der Waals surface area contributed by atoms with Crippen LogP contribution < -0.4 is 5.32 Å². The van der Waals surface area contributed by atoms with Crippen LogP contribution in [-0.4, -0.2) is 10.8 Å². The summed E-state index contributed by atoms with van der Waals surface area (Å²) >= 11 is 8.83. The number of anilines is 1. The highest BCUT2D eigenvalue weighted by molar-refractivity contribution is 9.10. The first-order valence-electron chi connectivity index (χ1n) is 3.83. The standard InChI is InChI=1S/C8H6BrClN2O3/c1-4(13)11-6-2-5(9)3-7(8(6)10)12(14)15/h2-3H,1H3,(H,11,13). The Morgan fingerprint density at radius 1 is 1.60 bits per heavy atom. The van der Waals surface area contributed by atoms with Gasteiger partial charge in [-0.25, -0.2) is 0 Å². The van der Waals surface area contributed by atoms with Crippen LogP contribution in [0.1, 0.15) is 6.92 Å². The highest BCUT2D eigenvalue weighted by atomic mass is 79.9. The van der Waals surface area contributed by atoms with Crippen LogP contribution in [0.4, 0.5) is 11.4 Å². The second kappa shape index (κ2) is 4.59. The van der Waals surface area contributed by atoms with Crippen LogP contribution in [0.2, 0.25) is 5.02 Å². The summed E-state index contributed by atoms with van der Waals surface area (Å²) in [6, 6.07) is 2.77. The maximum Gasteiger partial charge on any atom is 0.291 e. The normalized spacial score (nSPS) is 9.80. The van der Waals surface area contributed by atoms with Crippen molar-refractivity contribution >= 4 is 44.8 Å². The topological polar surface area (TPSA) is 72.2 Å². The summed E-state index contributed by atoms with van der Waals surface area (Å²) in [5.74, 6) is -0.343. The third kappa shape index (κ3) is 2.90. The number of benzene rings is 1. The molecular weight excluding hydrogens is 287 g/mol. The molecule has 0 saturated carbocycles. The maximum absolute atomic E-state index is 10.8. The molecule has 7 heteroatoms. The summed E-state index contributed by atoms with van der Waals surface area (Å²) in [6.45, 7) is 1.29. The van der Waals surface area contributed by atoms with Gasteiger partial charge in [0.15, 0.2) is 0 Å². The van der Waals surface area contributed by atoms with E-state index in [4.69, 9.17) is 11.6 Å². The molecule has 0 saturated heterocycles. The second-order valence-electron chi connectivity index (χ2n) is 2.72. The molecule has 0 aliphatic heterocycles. The van der Waals surface area contributed by atoms with Gasteiger partial charge in [0.1, 0.15) is 5.02 Å². The number of carbonyl (C=O) groups is 1. The number of nitrogens with one attached hydrogen (secondary N) is 1. The van der Waals surface area contributed by atoms with Crippen LogP contribution in [0.15, 0.2) is 16.6 Å². The Morgan fingerprint density at radius 3 is 2.67 bits per heavy atom. The summed E-state index contributed by atoms with van der Waals surface area (Å²) < 4.78 is 0.474. The van der Waals surface area contributed by atoms with E-state index in [1.807, 2.05) is 0 Å². The minimum atomic E-state index is -0.613. The van der Waals surface area contributed by atoms with Gasteiger partial charge in [-0.2, -0.15) is 0 Å². The van der Waals surface area contributed by atoms with Crippen LogP contribution in [0.5, 0.6) is 0 Å². The molecule has 1 N–H and O–H groups in total. The number of rotatable bonds is 2. The van der Waals surface area contributed by atoms with Crippen molar-refractivity contribution in [3.8, 4) is 0 Å². The smallest absolute Gasteiger partial charge is 0.291 e. The zero-order chi connectivity index (χ0) is 11.6. The molecule has 15 heavy (non-hydrogen) atoms. The highest BCUT2D eigenvalue weighted by Gasteiger charge is 2.17. The molecule has 0 aliphatic rings. The largest absolute Gasteiger partial charge is 0.325 e. The first kappa shape index (κ1) is 11.9. The molecule has 0 bridgehead atoms. The number of amides is 1. The quantitative estimate of drug-likeness (QED) is 0.673. The molecular formula is C8H6BrClN2O3. The van der Waals surface area contributed by atoms with Gasteiger partial charge in [0.25, 0.3) is 5.69 Å². The Labute approximate surface area is 98.7 Å². The van der Waals surface area contributed by atoms with Gasteiger partial charge in [-0.3, -0.25) is 14.9 Å². The van der Waals surface area contributed by atoms with Gasteiger partial charge in [0.05, 0.1) is 10.6 Å². The lowest BCUT2D eigenvalue weighted by Crippen LogP contribution is -2.07. The third-order valence-corrected chi connectivity index (χ3v) is 2.38. The predicted octanol–water partition coefficient (Wildman–Crippen LogP) is 2.97. The fraction of sp³-hybridized carbons (Fsp3) is 0.125. The number of nitro benzene ring substituents is 1. The van der Waals surface area contributed by atoms with E-state index >= 15 is 0 Å². The van der Waals surface area contributed by atoms with Crippen molar-refractivity contribution in [2.24, 2.45) is 0 Å². The summed E-state index contributed by atoms with van der Waals surface area (Å²) in [5, 5.41) is 12.9. The highest BCUT2D eigenvalue weighted by Crippen LogP contribution is 2.35. The number of nitrogens with zero attached hydrogens (tertiary/aromatic N) is 1. The fourth-order valence-corrected chi connectivity index (χ4v) is 1.66. The Balaban J connectivity index is 3.28. The van der Waals surface area contributed by atoms with Crippen LogP contribution >= 0.6 is 27.5 Å². The Kier molecular flexibility index (Phi) is 3.65. The second-order valence-corrected chi connectivity index (χ2v) is 4.02. The molecule has 0 aromatic heterocycles. The maximum atomic E-state index is 10.8. The van der Waals surface area contributed by atoms with Crippen LogP contribution in [-0.2, 0) is 4.79 Å². The van der Waals surface area contributed by atoms with Crippen molar-refractivity contribution < 1.29 is 9.72 Å². The van der Waals surface area contributed by atoms with Crippen molar-refractivity contribution in [1.29, 1.82) is 0 Å². The van der Waals surface area contributed by atoms with Crippen molar-refractivity contribution in [1.82, 2.24) is 0 Å². The summed E-state index contributed by atoms with van der Waals surface area (Å²) in [6.07, 6.45) is 0. The molecule has 0 atom stereocenters. The lowest BCUT2D eigenvalue weighted by molar-refractivity contribution is -0.384. The van der Waals surface area contributed by atoms with Crippen molar-refractivity contribution in [3.05, 3.63) is 31.7 Å². The molecule has 0 unspecified atom stereocenters. The number of nitro groups is 1. The first-order chi connectivity index (χ1) is 6.91. The monoisotopic (exact) mass is 292 g/mol. The number of hydrogen-bond donors (Lipinski definition) is 1. The Bertz CT molecular complexity index is 436. The van der Waals surface area contributed by atoms with Crippen LogP contribution in [0.3, 0.4) is 0 Å². The minimum absolute atomic E-state index is 0.0848. The van der Waals surface area contributed by atoms with E-state index in [1.54, 1.807) is 0 Å². The van der Waals surface area contributed by atoms with E-state index in [-0.39, 0.29) is 22.3 Å². The van der Waals surface area contributed by atoms with E-state index < -0.39 is 4.92 Å². The van der Waals surface area contributed by atoms with E-state index in [0.717, 1.165) is 0 Å². The zero-order valence-corrected chi connectivity index (χ0v) is 9.92. The van der Waals surface area contributed by atoms with Crippen molar-refractivity contribution in [2.75, 3.05) is 5.32 Å². The molecule has 1 aromatic rings. The summed E-state index contributed by atoms with van der Waals surface area (Å²) in [5.41, 5.74) is -0.0416. The SMILES string of the molecule is CC(=O)Nc1cc(Br)cc([N+](=O)[O-])c1Cl.